The first-order valence-electron chi connectivity index (χ1n) is 5.84. The average Bonchev–Trinajstić information content (AvgIpc) is 2.48. The highest BCUT2D eigenvalue weighted by molar-refractivity contribution is 5.85. The molecule has 0 saturated carbocycles. The number of ether oxygens (including phenoxy) is 1. The Morgan fingerprint density at radius 2 is 2.12 bits per heavy atom. The molecular formula is C11H21ClN2O2. The van der Waals surface area contributed by atoms with Crippen LogP contribution in [0.15, 0.2) is 0 Å². The van der Waals surface area contributed by atoms with Crippen molar-refractivity contribution in [3.8, 4) is 0 Å². The zero-order valence-electron chi connectivity index (χ0n) is 9.78. The van der Waals surface area contributed by atoms with Gasteiger partial charge in [0.05, 0.1) is 13.5 Å². The number of rotatable bonds is 3. The van der Waals surface area contributed by atoms with Crippen molar-refractivity contribution in [1.82, 2.24) is 10.2 Å². The third-order valence-corrected chi connectivity index (χ3v) is 3.61. The van der Waals surface area contributed by atoms with E-state index in [0.717, 1.165) is 19.6 Å². The van der Waals surface area contributed by atoms with Crippen LogP contribution >= 0.6 is 12.4 Å². The van der Waals surface area contributed by atoms with Gasteiger partial charge in [-0.3, -0.25) is 9.69 Å². The van der Waals surface area contributed by atoms with Crippen LogP contribution in [0.4, 0.5) is 0 Å². The fraction of sp³-hybridized carbons (Fsp3) is 0.909. The molecule has 0 aliphatic carbocycles. The van der Waals surface area contributed by atoms with E-state index in [1.165, 1.54) is 26.4 Å². The zero-order valence-corrected chi connectivity index (χ0v) is 10.6. The molecule has 2 aliphatic heterocycles. The standard InChI is InChI=1S/C11H20N2O2.ClH/c1-15-11(14)5-7-13-9-2-3-10(13)8-12-6-4-9;/h9-10,12H,2-8H2,1H3;1H. The zero-order chi connectivity index (χ0) is 10.7. The highest BCUT2D eigenvalue weighted by atomic mass is 35.5. The number of carbonyl (C=O) groups excluding carboxylic acids is 1. The fourth-order valence-corrected chi connectivity index (χ4v) is 2.77. The van der Waals surface area contributed by atoms with Crippen LogP contribution in [0.5, 0.6) is 0 Å². The normalized spacial score (nSPS) is 29.3. The molecule has 0 aromatic rings. The summed E-state index contributed by atoms with van der Waals surface area (Å²) in [6, 6.07) is 1.33. The van der Waals surface area contributed by atoms with Crippen LogP contribution in [-0.4, -0.2) is 49.7 Å². The Morgan fingerprint density at radius 3 is 2.88 bits per heavy atom. The van der Waals surface area contributed by atoms with Crippen LogP contribution in [0.3, 0.4) is 0 Å². The molecule has 94 valence electrons. The lowest BCUT2D eigenvalue weighted by atomic mass is 10.1. The van der Waals surface area contributed by atoms with Gasteiger partial charge >= 0.3 is 5.97 Å². The maximum Gasteiger partial charge on any atom is 0.306 e. The fourth-order valence-electron chi connectivity index (χ4n) is 2.77. The van der Waals surface area contributed by atoms with Crippen LogP contribution < -0.4 is 5.32 Å². The minimum atomic E-state index is -0.0911. The number of hydrogen-bond donors (Lipinski definition) is 1. The van der Waals surface area contributed by atoms with Gasteiger partial charge in [0.15, 0.2) is 0 Å². The number of hydrogen-bond acceptors (Lipinski definition) is 4. The molecule has 0 amide bonds. The molecule has 16 heavy (non-hydrogen) atoms. The first-order chi connectivity index (χ1) is 7.31. The topological polar surface area (TPSA) is 41.6 Å². The molecule has 2 rings (SSSR count). The van der Waals surface area contributed by atoms with Gasteiger partial charge in [0.25, 0.3) is 0 Å². The van der Waals surface area contributed by atoms with Crippen LogP contribution in [0, 0.1) is 0 Å². The van der Waals surface area contributed by atoms with Gasteiger partial charge in [0, 0.05) is 25.2 Å². The molecule has 0 aromatic carbocycles. The monoisotopic (exact) mass is 248 g/mol. The van der Waals surface area contributed by atoms with E-state index in [1.54, 1.807) is 0 Å². The summed E-state index contributed by atoms with van der Waals surface area (Å²) < 4.78 is 4.68. The summed E-state index contributed by atoms with van der Waals surface area (Å²) in [7, 11) is 1.46. The van der Waals surface area contributed by atoms with Gasteiger partial charge in [0.1, 0.15) is 0 Å². The maximum absolute atomic E-state index is 11.1. The van der Waals surface area contributed by atoms with Crippen molar-refractivity contribution in [3.05, 3.63) is 0 Å². The predicted molar refractivity (Wildman–Crippen MR) is 64.9 cm³/mol. The molecule has 4 nitrogen and oxygen atoms in total. The SMILES string of the molecule is COC(=O)CCN1C2CCNCC1CC2.Cl. The van der Waals surface area contributed by atoms with Crippen LogP contribution in [0.1, 0.15) is 25.7 Å². The van der Waals surface area contributed by atoms with Gasteiger partial charge in [-0.1, -0.05) is 0 Å². The van der Waals surface area contributed by atoms with Crippen molar-refractivity contribution < 1.29 is 9.53 Å². The number of methoxy groups -OCH3 is 1. The first-order valence-corrected chi connectivity index (χ1v) is 5.84. The lowest BCUT2D eigenvalue weighted by Crippen LogP contribution is -2.39. The first kappa shape index (κ1) is 13.7. The summed E-state index contributed by atoms with van der Waals surface area (Å²) >= 11 is 0. The molecule has 1 N–H and O–H groups in total. The Balaban J connectivity index is 0.00000128. The summed E-state index contributed by atoms with van der Waals surface area (Å²) in [5, 5.41) is 3.45. The molecule has 2 fully saturated rings. The lowest BCUT2D eigenvalue weighted by molar-refractivity contribution is -0.141. The molecule has 2 saturated heterocycles. The van der Waals surface area contributed by atoms with E-state index >= 15 is 0 Å². The number of esters is 1. The summed E-state index contributed by atoms with van der Waals surface area (Å²) in [5.41, 5.74) is 0. The molecule has 2 unspecified atom stereocenters. The third-order valence-electron chi connectivity index (χ3n) is 3.61. The summed E-state index contributed by atoms with van der Waals surface area (Å²) in [6.45, 7) is 3.07. The Hall–Kier alpha value is -0.320. The van der Waals surface area contributed by atoms with Gasteiger partial charge in [-0.05, 0) is 25.8 Å². The van der Waals surface area contributed by atoms with Crippen molar-refractivity contribution >= 4 is 18.4 Å². The van der Waals surface area contributed by atoms with E-state index in [0.29, 0.717) is 18.5 Å². The van der Waals surface area contributed by atoms with Crippen LogP contribution in [0.25, 0.3) is 0 Å². The van der Waals surface area contributed by atoms with Crippen molar-refractivity contribution in [3.63, 3.8) is 0 Å². The summed E-state index contributed by atoms with van der Waals surface area (Å²) in [6.07, 6.45) is 4.33. The molecule has 2 heterocycles. The van der Waals surface area contributed by atoms with E-state index in [9.17, 15) is 4.79 Å². The van der Waals surface area contributed by atoms with Crippen molar-refractivity contribution in [1.29, 1.82) is 0 Å². The third kappa shape index (κ3) is 3.09. The van der Waals surface area contributed by atoms with Gasteiger partial charge in [-0.25, -0.2) is 0 Å². The van der Waals surface area contributed by atoms with Crippen molar-refractivity contribution in [2.24, 2.45) is 0 Å². The quantitative estimate of drug-likeness (QED) is 0.751. The van der Waals surface area contributed by atoms with Gasteiger partial charge in [-0.2, -0.15) is 0 Å². The van der Waals surface area contributed by atoms with Crippen LogP contribution in [0.2, 0.25) is 0 Å². The van der Waals surface area contributed by atoms with Gasteiger partial charge in [0.2, 0.25) is 0 Å². The van der Waals surface area contributed by atoms with E-state index < -0.39 is 0 Å². The molecule has 5 heteroatoms. The largest absolute Gasteiger partial charge is 0.469 e. The van der Waals surface area contributed by atoms with E-state index in [4.69, 9.17) is 0 Å². The van der Waals surface area contributed by atoms with E-state index in [-0.39, 0.29) is 18.4 Å². The highest BCUT2D eigenvalue weighted by Gasteiger charge is 2.34. The molecule has 0 aromatic heterocycles. The number of nitrogens with one attached hydrogen (secondary N) is 1. The smallest absolute Gasteiger partial charge is 0.306 e. The molecule has 0 spiro atoms. The Bertz CT molecular complexity index is 224. The molecular weight excluding hydrogens is 228 g/mol. The Labute approximate surface area is 103 Å². The van der Waals surface area contributed by atoms with Gasteiger partial charge < -0.3 is 10.1 Å². The summed E-state index contributed by atoms with van der Waals surface area (Å²) in [4.78, 5) is 13.6. The Morgan fingerprint density at radius 1 is 1.38 bits per heavy atom. The number of nitrogens with zero attached hydrogens (tertiary/aromatic N) is 1. The van der Waals surface area contributed by atoms with E-state index in [1.807, 2.05) is 0 Å². The lowest BCUT2D eigenvalue weighted by Gasteiger charge is -2.26. The van der Waals surface area contributed by atoms with E-state index in [2.05, 4.69) is 15.0 Å². The minimum absolute atomic E-state index is 0. The van der Waals surface area contributed by atoms with Crippen molar-refractivity contribution in [2.75, 3.05) is 26.7 Å². The second-order valence-electron chi connectivity index (χ2n) is 4.44. The maximum atomic E-state index is 11.1. The highest BCUT2D eigenvalue weighted by Crippen LogP contribution is 2.27. The number of carbonyl (C=O) groups is 1. The summed E-state index contributed by atoms with van der Waals surface area (Å²) in [5.74, 6) is -0.0911. The molecule has 2 bridgehead atoms. The minimum Gasteiger partial charge on any atom is -0.469 e. The predicted octanol–water partition coefficient (Wildman–Crippen LogP) is 0.798. The van der Waals surface area contributed by atoms with Crippen LogP contribution in [-0.2, 0) is 9.53 Å². The average molecular weight is 249 g/mol. The van der Waals surface area contributed by atoms with Gasteiger partial charge in [-0.15, -0.1) is 12.4 Å². The second kappa shape index (κ2) is 6.42. The molecule has 0 radical (unpaired) electrons. The van der Waals surface area contributed by atoms with Crippen molar-refractivity contribution in [2.45, 2.75) is 37.8 Å². The molecule has 2 atom stereocenters. The number of fused-ring (bicyclic) bond motifs is 2. The number of halogens is 1. The molecule has 2 aliphatic rings. The second-order valence-corrected chi connectivity index (χ2v) is 4.44. The Kier molecular flexibility index (Phi) is 5.52.